The van der Waals surface area contributed by atoms with Gasteiger partial charge in [-0.05, 0) is 37.9 Å². The molecule has 2 rings (SSSR count). The molecule has 20 heavy (non-hydrogen) atoms. The van der Waals surface area contributed by atoms with Crippen molar-refractivity contribution in [1.29, 1.82) is 0 Å². The number of nitrogens with zero attached hydrogens (tertiary/aromatic N) is 1. The Kier molecular flexibility index (Phi) is 6.95. The molecule has 0 spiro atoms. The fourth-order valence-corrected chi connectivity index (χ4v) is 4.10. The first-order valence-corrected chi connectivity index (χ1v) is 8.39. The monoisotopic (exact) mass is 318 g/mol. The van der Waals surface area contributed by atoms with Crippen LogP contribution in [-0.4, -0.2) is 45.2 Å². The average molecular weight is 319 g/mol. The molecule has 0 aliphatic carbocycles. The SMILES string of the molecule is CNCC1CCN(S(=O)(=O)CCc2ccccc2)C1.Cl. The molecule has 6 heteroatoms. The highest BCUT2D eigenvalue weighted by Crippen LogP contribution is 2.19. The Morgan fingerprint density at radius 2 is 2.00 bits per heavy atom. The van der Waals surface area contributed by atoms with Gasteiger partial charge in [0.05, 0.1) is 5.75 Å². The first-order valence-electron chi connectivity index (χ1n) is 6.78. The number of nitrogens with one attached hydrogen (secondary N) is 1. The van der Waals surface area contributed by atoms with Gasteiger partial charge in [-0.15, -0.1) is 12.4 Å². The van der Waals surface area contributed by atoms with Crippen molar-refractivity contribution >= 4 is 22.4 Å². The van der Waals surface area contributed by atoms with Crippen molar-refractivity contribution in [2.75, 3.05) is 32.4 Å². The van der Waals surface area contributed by atoms with Crippen LogP contribution < -0.4 is 5.32 Å². The normalized spacial score (nSPS) is 19.8. The Bertz CT molecular complexity index is 493. The van der Waals surface area contributed by atoms with E-state index in [0.29, 0.717) is 25.4 Å². The van der Waals surface area contributed by atoms with E-state index < -0.39 is 10.0 Å². The van der Waals surface area contributed by atoms with Crippen LogP contribution in [0, 0.1) is 5.92 Å². The van der Waals surface area contributed by atoms with Gasteiger partial charge in [0.2, 0.25) is 10.0 Å². The second-order valence-corrected chi connectivity index (χ2v) is 7.21. The molecule has 0 bridgehead atoms. The van der Waals surface area contributed by atoms with Crippen molar-refractivity contribution in [2.45, 2.75) is 12.8 Å². The molecule has 0 amide bonds. The molecular formula is C14H23ClN2O2S. The standard InChI is InChI=1S/C14H22N2O2S.ClH/c1-15-11-14-7-9-16(12-14)19(17,18)10-8-13-5-3-2-4-6-13;/h2-6,14-15H,7-12H2,1H3;1H. The van der Waals surface area contributed by atoms with Crippen LogP contribution in [0.3, 0.4) is 0 Å². The number of halogens is 1. The van der Waals surface area contributed by atoms with Crippen LogP contribution in [0.25, 0.3) is 0 Å². The maximum absolute atomic E-state index is 12.3. The van der Waals surface area contributed by atoms with E-state index in [9.17, 15) is 8.42 Å². The maximum atomic E-state index is 12.3. The molecule has 0 aromatic heterocycles. The molecular weight excluding hydrogens is 296 g/mol. The van der Waals surface area contributed by atoms with Crippen LogP contribution in [-0.2, 0) is 16.4 Å². The molecule has 1 aliphatic rings. The van der Waals surface area contributed by atoms with E-state index in [0.717, 1.165) is 18.5 Å². The van der Waals surface area contributed by atoms with Crippen molar-refractivity contribution in [3.8, 4) is 0 Å². The van der Waals surface area contributed by atoms with Crippen LogP contribution in [0.1, 0.15) is 12.0 Å². The Labute approximate surface area is 128 Å². The molecule has 1 fully saturated rings. The summed E-state index contributed by atoms with van der Waals surface area (Å²) in [5.74, 6) is 0.667. The second kappa shape index (κ2) is 7.98. The van der Waals surface area contributed by atoms with E-state index in [1.54, 1.807) is 4.31 Å². The van der Waals surface area contributed by atoms with Gasteiger partial charge in [-0.2, -0.15) is 0 Å². The molecule has 1 saturated heterocycles. The van der Waals surface area contributed by atoms with Crippen molar-refractivity contribution in [3.63, 3.8) is 0 Å². The molecule has 1 unspecified atom stereocenters. The van der Waals surface area contributed by atoms with E-state index in [1.807, 2.05) is 37.4 Å². The third-order valence-electron chi connectivity index (χ3n) is 3.63. The molecule has 1 aromatic rings. The maximum Gasteiger partial charge on any atom is 0.214 e. The molecule has 114 valence electrons. The lowest BCUT2D eigenvalue weighted by Crippen LogP contribution is -2.32. The summed E-state index contributed by atoms with van der Waals surface area (Å²) >= 11 is 0. The summed E-state index contributed by atoms with van der Waals surface area (Å²) in [6, 6.07) is 9.79. The molecule has 0 saturated carbocycles. The van der Waals surface area contributed by atoms with E-state index >= 15 is 0 Å². The van der Waals surface area contributed by atoms with Crippen LogP contribution in [0.5, 0.6) is 0 Å². The van der Waals surface area contributed by atoms with Gasteiger partial charge in [-0.3, -0.25) is 0 Å². The van der Waals surface area contributed by atoms with Gasteiger partial charge in [0.1, 0.15) is 0 Å². The summed E-state index contributed by atoms with van der Waals surface area (Å²) in [6.45, 7) is 2.23. The summed E-state index contributed by atoms with van der Waals surface area (Å²) in [4.78, 5) is 0. The summed E-state index contributed by atoms with van der Waals surface area (Å²) < 4.78 is 26.2. The van der Waals surface area contributed by atoms with Gasteiger partial charge in [-0.25, -0.2) is 12.7 Å². The Morgan fingerprint density at radius 1 is 1.30 bits per heavy atom. The van der Waals surface area contributed by atoms with E-state index in [-0.39, 0.29) is 18.2 Å². The molecule has 4 nitrogen and oxygen atoms in total. The van der Waals surface area contributed by atoms with E-state index in [4.69, 9.17) is 0 Å². The van der Waals surface area contributed by atoms with Gasteiger partial charge in [0.15, 0.2) is 0 Å². The first kappa shape index (κ1) is 17.4. The fourth-order valence-electron chi connectivity index (χ4n) is 2.53. The minimum Gasteiger partial charge on any atom is -0.319 e. The largest absolute Gasteiger partial charge is 0.319 e. The lowest BCUT2D eigenvalue weighted by molar-refractivity contribution is 0.451. The second-order valence-electron chi connectivity index (χ2n) is 5.12. The van der Waals surface area contributed by atoms with Crippen LogP contribution in [0.2, 0.25) is 0 Å². The fraction of sp³-hybridized carbons (Fsp3) is 0.571. The number of benzene rings is 1. The molecule has 1 atom stereocenters. The van der Waals surface area contributed by atoms with Crippen molar-refractivity contribution in [2.24, 2.45) is 5.92 Å². The minimum absolute atomic E-state index is 0. The van der Waals surface area contributed by atoms with Gasteiger partial charge in [0, 0.05) is 13.1 Å². The molecule has 0 radical (unpaired) electrons. The number of rotatable bonds is 6. The van der Waals surface area contributed by atoms with Crippen molar-refractivity contribution < 1.29 is 8.42 Å². The molecule has 1 N–H and O–H groups in total. The number of aryl methyl sites for hydroxylation is 1. The van der Waals surface area contributed by atoms with E-state index in [2.05, 4.69) is 5.32 Å². The lowest BCUT2D eigenvalue weighted by Gasteiger charge is -2.16. The van der Waals surface area contributed by atoms with Gasteiger partial charge >= 0.3 is 0 Å². The summed E-state index contributed by atoms with van der Waals surface area (Å²) in [6.07, 6.45) is 1.56. The van der Waals surface area contributed by atoms with E-state index in [1.165, 1.54) is 0 Å². The zero-order valence-corrected chi connectivity index (χ0v) is 13.4. The first-order chi connectivity index (χ1) is 9.12. The predicted octanol–water partition coefficient (Wildman–Crippen LogP) is 1.52. The quantitative estimate of drug-likeness (QED) is 0.865. The van der Waals surface area contributed by atoms with Crippen LogP contribution >= 0.6 is 12.4 Å². The predicted molar refractivity (Wildman–Crippen MR) is 84.8 cm³/mol. The Morgan fingerprint density at radius 3 is 2.65 bits per heavy atom. The van der Waals surface area contributed by atoms with Gasteiger partial charge < -0.3 is 5.32 Å². The highest BCUT2D eigenvalue weighted by Gasteiger charge is 2.30. The smallest absolute Gasteiger partial charge is 0.214 e. The summed E-state index contributed by atoms with van der Waals surface area (Å²) in [7, 11) is -1.19. The van der Waals surface area contributed by atoms with Crippen molar-refractivity contribution in [3.05, 3.63) is 35.9 Å². The zero-order chi connectivity index (χ0) is 13.7. The van der Waals surface area contributed by atoms with Gasteiger partial charge in [-0.1, -0.05) is 30.3 Å². The Hall–Kier alpha value is -0.620. The summed E-state index contributed by atoms with van der Waals surface area (Å²) in [5, 5.41) is 3.12. The lowest BCUT2D eigenvalue weighted by atomic mass is 10.1. The van der Waals surface area contributed by atoms with Gasteiger partial charge in [0.25, 0.3) is 0 Å². The summed E-state index contributed by atoms with van der Waals surface area (Å²) in [5.41, 5.74) is 1.08. The average Bonchev–Trinajstić information content (AvgIpc) is 2.88. The number of sulfonamides is 1. The minimum atomic E-state index is -3.10. The third kappa shape index (κ3) is 4.74. The molecule has 1 aromatic carbocycles. The van der Waals surface area contributed by atoms with Crippen molar-refractivity contribution in [1.82, 2.24) is 9.62 Å². The highest BCUT2D eigenvalue weighted by atomic mass is 35.5. The van der Waals surface area contributed by atoms with Crippen LogP contribution in [0.15, 0.2) is 30.3 Å². The molecule has 1 aliphatic heterocycles. The van der Waals surface area contributed by atoms with Crippen LogP contribution in [0.4, 0.5) is 0 Å². The highest BCUT2D eigenvalue weighted by molar-refractivity contribution is 7.89. The Balaban J connectivity index is 0.00000200. The third-order valence-corrected chi connectivity index (χ3v) is 5.46. The zero-order valence-electron chi connectivity index (χ0n) is 11.8. The number of hydrogen-bond donors (Lipinski definition) is 1. The number of hydrogen-bond acceptors (Lipinski definition) is 3. The molecule has 1 heterocycles. The topological polar surface area (TPSA) is 49.4 Å².